The molecule has 0 spiro atoms. The van der Waals surface area contributed by atoms with Gasteiger partial charge in [-0.15, -0.1) is 0 Å². The van der Waals surface area contributed by atoms with Crippen molar-refractivity contribution >= 4 is 11.8 Å². The van der Waals surface area contributed by atoms with Crippen molar-refractivity contribution in [2.24, 2.45) is 0 Å². The molecule has 0 saturated heterocycles. The number of benzene rings is 2. The van der Waals surface area contributed by atoms with Crippen LogP contribution in [0.25, 0.3) is 0 Å². The number of amides is 2. The molecular weight excluding hydrogens is 420 g/mol. The average Bonchev–Trinajstić information content (AvgIpc) is 2.75. The highest BCUT2D eigenvalue weighted by molar-refractivity contribution is 5.88. The zero-order chi connectivity index (χ0) is 24.6. The Morgan fingerprint density at radius 2 is 1.61 bits per heavy atom. The topological polar surface area (TPSA) is 77.1 Å². The van der Waals surface area contributed by atoms with Crippen molar-refractivity contribution in [3.8, 4) is 17.2 Å². The Morgan fingerprint density at radius 3 is 2.12 bits per heavy atom. The van der Waals surface area contributed by atoms with E-state index in [0.717, 1.165) is 11.1 Å². The summed E-state index contributed by atoms with van der Waals surface area (Å²) in [6, 6.07) is 12.4. The highest BCUT2D eigenvalue weighted by Gasteiger charge is 2.31. The average molecular weight is 457 g/mol. The molecule has 0 radical (unpaired) electrons. The van der Waals surface area contributed by atoms with E-state index in [1.165, 1.54) is 0 Å². The number of carbonyl (C=O) groups excluding carboxylic acids is 2. The summed E-state index contributed by atoms with van der Waals surface area (Å²) in [4.78, 5) is 28.0. The number of aryl methyl sites for hydroxylation is 1. The summed E-state index contributed by atoms with van der Waals surface area (Å²) in [5, 5.41) is 3.00. The van der Waals surface area contributed by atoms with Crippen LogP contribution in [0.2, 0.25) is 0 Å². The van der Waals surface area contributed by atoms with Crippen LogP contribution < -0.4 is 19.5 Å². The van der Waals surface area contributed by atoms with E-state index in [0.29, 0.717) is 30.2 Å². The first-order chi connectivity index (χ1) is 15.6. The summed E-state index contributed by atoms with van der Waals surface area (Å²) in [6.07, 6.45) is 0.479. The fraction of sp³-hybridized carbons (Fsp3) is 0.462. The molecule has 0 aliphatic carbocycles. The summed E-state index contributed by atoms with van der Waals surface area (Å²) in [6.45, 7) is 9.75. The lowest BCUT2D eigenvalue weighted by atomic mass is 10.1. The van der Waals surface area contributed by atoms with Crippen LogP contribution in [0.15, 0.2) is 42.5 Å². The minimum Gasteiger partial charge on any atom is -0.496 e. The molecule has 0 bridgehead atoms. The Hall–Kier alpha value is -3.22. The third kappa shape index (κ3) is 8.00. The number of hydrogen-bond acceptors (Lipinski definition) is 5. The Morgan fingerprint density at radius 1 is 1.00 bits per heavy atom. The lowest BCUT2D eigenvalue weighted by Gasteiger charge is -2.33. The molecule has 0 saturated carbocycles. The molecular formula is C26H36N2O5. The van der Waals surface area contributed by atoms with Crippen LogP contribution in [0, 0.1) is 6.92 Å². The molecule has 2 amide bonds. The molecule has 2 aromatic rings. The predicted molar refractivity (Wildman–Crippen MR) is 129 cm³/mol. The molecule has 33 heavy (non-hydrogen) atoms. The molecule has 2 aromatic carbocycles. The van der Waals surface area contributed by atoms with E-state index >= 15 is 0 Å². The molecule has 180 valence electrons. The normalized spacial score (nSPS) is 12.0. The van der Waals surface area contributed by atoms with E-state index in [9.17, 15) is 9.59 Å². The molecule has 1 atom stereocenters. The van der Waals surface area contributed by atoms with Gasteiger partial charge in [0.1, 0.15) is 23.3 Å². The van der Waals surface area contributed by atoms with Crippen molar-refractivity contribution in [3.63, 3.8) is 0 Å². The third-order valence-corrected chi connectivity index (χ3v) is 5.01. The molecule has 7 heteroatoms. The Labute approximate surface area is 197 Å². The van der Waals surface area contributed by atoms with Crippen molar-refractivity contribution in [2.45, 2.75) is 59.2 Å². The van der Waals surface area contributed by atoms with Crippen LogP contribution in [0.1, 0.15) is 45.2 Å². The standard InChI is InChI=1S/C26H36N2O5/c1-8-23(25(30)27-26(3,4)5)28(16-19-11-9-10-18(2)12-19)24(29)17-33-22-14-20(31-6)13-21(15-22)32-7/h9-15,23H,8,16-17H2,1-7H3,(H,27,30). The highest BCUT2D eigenvalue weighted by Crippen LogP contribution is 2.27. The first-order valence-electron chi connectivity index (χ1n) is 11.1. The summed E-state index contributed by atoms with van der Waals surface area (Å²) in [5.41, 5.74) is 1.64. The highest BCUT2D eigenvalue weighted by atomic mass is 16.5. The van der Waals surface area contributed by atoms with Crippen molar-refractivity contribution in [1.29, 1.82) is 0 Å². The van der Waals surface area contributed by atoms with Crippen LogP contribution in [0.3, 0.4) is 0 Å². The van der Waals surface area contributed by atoms with Crippen LogP contribution in [-0.2, 0) is 16.1 Å². The number of carbonyl (C=O) groups is 2. The van der Waals surface area contributed by atoms with E-state index in [1.54, 1.807) is 37.3 Å². The third-order valence-electron chi connectivity index (χ3n) is 5.01. The van der Waals surface area contributed by atoms with Crippen LogP contribution in [0.5, 0.6) is 17.2 Å². The van der Waals surface area contributed by atoms with Gasteiger partial charge in [0.15, 0.2) is 6.61 Å². The van der Waals surface area contributed by atoms with Crippen molar-refractivity contribution in [3.05, 3.63) is 53.6 Å². The van der Waals surface area contributed by atoms with Crippen molar-refractivity contribution in [2.75, 3.05) is 20.8 Å². The number of nitrogens with one attached hydrogen (secondary N) is 1. The first kappa shape index (κ1) is 26.0. The summed E-state index contributed by atoms with van der Waals surface area (Å²) in [5.74, 6) is 1.10. The second-order valence-electron chi connectivity index (χ2n) is 9.01. The summed E-state index contributed by atoms with van der Waals surface area (Å²) in [7, 11) is 3.10. The SMILES string of the molecule is CCC(C(=O)NC(C)(C)C)N(Cc1cccc(C)c1)C(=O)COc1cc(OC)cc(OC)c1. The maximum absolute atomic E-state index is 13.3. The molecule has 0 aromatic heterocycles. The van der Waals surface area contributed by atoms with E-state index in [1.807, 2.05) is 58.9 Å². The maximum Gasteiger partial charge on any atom is 0.261 e. The number of rotatable bonds is 10. The predicted octanol–water partition coefficient (Wildman–Crippen LogP) is 4.11. The summed E-state index contributed by atoms with van der Waals surface area (Å²) >= 11 is 0. The van der Waals surface area contributed by atoms with Gasteiger partial charge in [-0.2, -0.15) is 0 Å². The number of ether oxygens (including phenoxy) is 3. The van der Waals surface area contributed by atoms with Gasteiger partial charge < -0.3 is 24.4 Å². The van der Waals surface area contributed by atoms with Gasteiger partial charge in [-0.05, 0) is 39.7 Å². The molecule has 0 aliphatic rings. The smallest absolute Gasteiger partial charge is 0.261 e. The van der Waals surface area contributed by atoms with Gasteiger partial charge in [0.2, 0.25) is 5.91 Å². The second kappa shape index (κ2) is 11.6. The first-order valence-corrected chi connectivity index (χ1v) is 11.1. The zero-order valence-corrected chi connectivity index (χ0v) is 20.7. The van der Waals surface area contributed by atoms with E-state index in [2.05, 4.69) is 5.32 Å². The van der Waals surface area contributed by atoms with Gasteiger partial charge in [-0.25, -0.2) is 0 Å². The Bertz CT molecular complexity index is 930. The molecule has 0 fully saturated rings. The molecule has 0 aliphatic heterocycles. The molecule has 0 heterocycles. The number of hydrogen-bond donors (Lipinski definition) is 1. The van der Waals surface area contributed by atoms with Gasteiger partial charge in [0.05, 0.1) is 14.2 Å². The minimum atomic E-state index is -0.624. The van der Waals surface area contributed by atoms with Gasteiger partial charge in [-0.1, -0.05) is 36.8 Å². The number of nitrogens with zero attached hydrogens (tertiary/aromatic N) is 1. The quantitative estimate of drug-likeness (QED) is 0.582. The lowest BCUT2D eigenvalue weighted by Crippen LogP contribution is -2.54. The fourth-order valence-electron chi connectivity index (χ4n) is 3.47. The Kier molecular flexibility index (Phi) is 9.14. The monoisotopic (exact) mass is 456 g/mol. The van der Waals surface area contributed by atoms with Gasteiger partial charge in [-0.3, -0.25) is 9.59 Å². The van der Waals surface area contributed by atoms with Crippen LogP contribution >= 0.6 is 0 Å². The van der Waals surface area contributed by atoms with Gasteiger partial charge >= 0.3 is 0 Å². The van der Waals surface area contributed by atoms with E-state index in [-0.39, 0.29) is 18.4 Å². The summed E-state index contributed by atoms with van der Waals surface area (Å²) < 4.78 is 16.3. The number of methoxy groups -OCH3 is 2. The molecule has 1 N–H and O–H groups in total. The van der Waals surface area contributed by atoms with E-state index < -0.39 is 11.6 Å². The molecule has 2 rings (SSSR count). The van der Waals surface area contributed by atoms with Crippen molar-refractivity contribution in [1.82, 2.24) is 10.2 Å². The largest absolute Gasteiger partial charge is 0.496 e. The second-order valence-corrected chi connectivity index (χ2v) is 9.01. The van der Waals surface area contributed by atoms with Crippen molar-refractivity contribution < 1.29 is 23.8 Å². The minimum absolute atomic E-state index is 0.186. The Balaban J connectivity index is 2.27. The van der Waals surface area contributed by atoms with E-state index in [4.69, 9.17) is 14.2 Å². The van der Waals surface area contributed by atoms with Gasteiger partial charge in [0.25, 0.3) is 5.91 Å². The lowest BCUT2D eigenvalue weighted by molar-refractivity contribution is -0.143. The maximum atomic E-state index is 13.3. The van der Waals surface area contributed by atoms with Crippen LogP contribution in [-0.4, -0.2) is 49.1 Å². The zero-order valence-electron chi connectivity index (χ0n) is 20.7. The molecule has 7 nitrogen and oxygen atoms in total. The fourth-order valence-corrected chi connectivity index (χ4v) is 3.47. The molecule has 1 unspecified atom stereocenters. The van der Waals surface area contributed by atoms with Gasteiger partial charge in [0, 0.05) is 30.3 Å². The van der Waals surface area contributed by atoms with Crippen LogP contribution in [0.4, 0.5) is 0 Å².